The number of carbonyl (C=O) groups is 2. The van der Waals surface area contributed by atoms with Crippen LogP contribution in [0.15, 0.2) is 23.1 Å². The van der Waals surface area contributed by atoms with Crippen molar-refractivity contribution in [2.24, 2.45) is 0 Å². The van der Waals surface area contributed by atoms with E-state index in [1.54, 1.807) is 38.5 Å². The van der Waals surface area contributed by atoms with Crippen LogP contribution in [-0.2, 0) is 4.79 Å². The number of hydrogen-bond donors (Lipinski definition) is 0. The normalized spacial score (nSPS) is 18.0. The van der Waals surface area contributed by atoms with Gasteiger partial charge in [-0.25, -0.2) is 0 Å². The van der Waals surface area contributed by atoms with E-state index in [4.69, 9.17) is 9.47 Å². The van der Waals surface area contributed by atoms with Crippen molar-refractivity contribution in [3.8, 4) is 11.5 Å². The van der Waals surface area contributed by atoms with Gasteiger partial charge in [-0.15, -0.1) is 0 Å². The highest BCUT2D eigenvalue weighted by Crippen LogP contribution is 2.36. The van der Waals surface area contributed by atoms with Gasteiger partial charge >= 0.3 is 0 Å². The first-order valence-corrected chi connectivity index (χ1v) is 7.82. The number of nitrogens with zero attached hydrogens (tertiary/aromatic N) is 1. The van der Waals surface area contributed by atoms with Crippen LogP contribution in [-0.4, -0.2) is 36.3 Å². The Hall–Kier alpha value is -1.95. The highest BCUT2D eigenvalue weighted by molar-refractivity contribution is 8.18. The monoisotopic (exact) mass is 321 g/mol. The zero-order valence-corrected chi connectivity index (χ0v) is 13.9. The molecule has 1 aliphatic heterocycles. The molecule has 22 heavy (non-hydrogen) atoms. The van der Waals surface area contributed by atoms with Gasteiger partial charge in [0.2, 0.25) is 0 Å². The molecule has 2 amide bonds. The molecule has 1 atom stereocenters. The molecular weight excluding hydrogens is 302 g/mol. The number of amides is 2. The van der Waals surface area contributed by atoms with Gasteiger partial charge in [0.15, 0.2) is 0 Å². The van der Waals surface area contributed by atoms with Crippen molar-refractivity contribution >= 4 is 29.0 Å². The summed E-state index contributed by atoms with van der Waals surface area (Å²) < 4.78 is 10.5. The van der Waals surface area contributed by atoms with Gasteiger partial charge in [-0.05, 0) is 43.3 Å². The Labute approximate surface area is 134 Å². The Morgan fingerprint density at radius 1 is 1.27 bits per heavy atom. The standard InChI is InChI=1S/C16H19NO4S/c1-5-10(2)17-15(18)14(22-16(17)19)8-11-6-7-12(20-3)9-13(11)21-4/h6-10H,5H2,1-4H3/t10-/m0/s1. The van der Waals surface area contributed by atoms with E-state index in [1.165, 1.54) is 4.90 Å². The zero-order valence-electron chi connectivity index (χ0n) is 13.1. The van der Waals surface area contributed by atoms with Gasteiger partial charge in [-0.2, -0.15) is 0 Å². The van der Waals surface area contributed by atoms with Crippen molar-refractivity contribution < 1.29 is 19.1 Å². The van der Waals surface area contributed by atoms with Gasteiger partial charge in [0.1, 0.15) is 11.5 Å². The van der Waals surface area contributed by atoms with Crippen molar-refractivity contribution in [2.45, 2.75) is 26.3 Å². The molecule has 1 fully saturated rings. The maximum Gasteiger partial charge on any atom is 0.293 e. The van der Waals surface area contributed by atoms with Crippen molar-refractivity contribution in [3.63, 3.8) is 0 Å². The van der Waals surface area contributed by atoms with Gasteiger partial charge in [0.25, 0.3) is 11.1 Å². The predicted octanol–water partition coefficient (Wildman–Crippen LogP) is 3.54. The van der Waals surface area contributed by atoms with Crippen molar-refractivity contribution in [1.82, 2.24) is 4.90 Å². The molecule has 2 rings (SSSR count). The van der Waals surface area contributed by atoms with Crippen LogP contribution >= 0.6 is 11.8 Å². The van der Waals surface area contributed by atoms with E-state index in [0.29, 0.717) is 16.4 Å². The quantitative estimate of drug-likeness (QED) is 0.776. The second kappa shape index (κ2) is 6.87. The van der Waals surface area contributed by atoms with Gasteiger partial charge in [-0.3, -0.25) is 14.5 Å². The number of thioether (sulfide) groups is 1. The molecule has 0 N–H and O–H groups in total. The lowest BCUT2D eigenvalue weighted by atomic mass is 10.1. The molecule has 0 aliphatic carbocycles. The number of rotatable bonds is 5. The fourth-order valence-corrected chi connectivity index (χ4v) is 3.04. The Kier molecular flexibility index (Phi) is 5.13. The summed E-state index contributed by atoms with van der Waals surface area (Å²) in [5.74, 6) is 1.01. The molecule has 0 unspecified atom stereocenters. The number of benzene rings is 1. The highest BCUT2D eigenvalue weighted by atomic mass is 32.2. The largest absolute Gasteiger partial charge is 0.497 e. The van der Waals surface area contributed by atoms with Crippen molar-refractivity contribution in [2.75, 3.05) is 14.2 Å². The molecule has 1 saturated heterocycles. The van der Waals surface area contributed by atoms with Crippen LogP contribution in [0.5, 0.6) is 11.5 Å². The first-order chi connectivity index (χ1) is 10.5. The van der Waals surface area contributed by atoms with Crippen LogP contribution in [0.1, 0.15) is 25.8 Å². The summed E-state index contributed by atoms with van der Waals surface area (Å²) in [5.41, 5.74) is 0.734. The van der Waals surface area contributed by atoms with E-state index in [0.717, 1.165) is 23.7 Å². The minimum Gasteiger partial charge on any atom is -0.497 e. The van der Waals surface area contributed by atoms with E-state index in [-0.39, 0.29) is 17.2 Å². The molecule has 5 nitrogen and oxygen atoms in total. The third-order valence-corrected chi connectivity index (χ3v) is 4.47. The molecule has 0 spiro atoms. The number of carbonyl (C=O) groups excluding carboxylic acids is 2. The van der Waals surface area contributed by atoms with E-state index < -0.39 is 0 Å². The molecule has 0 radical (unpaired) electrons. The van der Waals surface area contributed by atoms with E-state index in [9.17, 15) is 9.59 Å². The number of methoxy groups -OCH3 is 2. The average molecular weight is 321 g/mol. The topological polar surface area (TPSA) is 55.8 Å². The van der Waals surface area contributed by atoms with Crippen LogP contribution in [0.4, 0.5) is 4.79 Å². The van der Waals surface area contributed by atoms with E-state index in [1.807, 2.05) is 13.8 Å². The number of hydrogen-bond acceptors (Lipinski definition) is 5. The van der Waals surface area contributed by atoms with E-state index in [2.05, 4.69) is 0 Å². The second-order valence-corrected chi connectivity index (χ2v) is 5.91. The third-order valence-electron chi connectivity index (χ3n) is 3.58. The number of imide groups is 1. The van der Waals surface area contributed by atoms with Gasteiger partial charge in [-0.1, -0.05) is 6.92 Å². The smallest absolute Gasteiger partial charge is 0.293 e. The molecule has 1 aromatic rings. The molecule has 0 aromatic heterocycles. The maximum atomic E-state index is 12.4. The van der Waals surface area contributed by atoms with Crippen LogP contribution < -0.4 is 9.47 Å². The van der Waals surface area contributed by atoms with Crippen molar-refractivity contribution in [1.29, 1.82) is 0 Å². The summed E-state index contributed by atoms with van der Waals surface area (Å²) in [6.07, 6.45) is 2.42. The van der Waals surface area contributed by atoms with Crippen LogP contribution in [0, 0.1) is 0 Å². The second-order valence-electron chi connectivity index (χ2n) is 4.92. The summed E-state index contributed by atoms with van der Waals surface area (Å²) in [6, 6.07) is 5.23. The average Bonchev–Trinajstić information content (AvgIpc) is 2.81. The molecule has 1 aliphatic rings. The van der Waals surface area contributed by atoms with Gasteiger partial charge in [0.05, 0.1) is 19.1 Å². The van der Waals surface area contributed by atoms with Gasteiger partial charge in [0, 0.05) is 17.7 Å². The number of ether oxygens (including phenoxy) is 2. The van der Waals surface area contributed by atoms with Crippen LogP contribution in [0.25, 0.3) is 6.08 Å². The van der Waals surface area contributed by atoms with Crippen LogP contribution in [0.3, 0.4) is 0 Å². The first kappa shape index (κ1) is 16.4. The highest BCUT2D eigenvalue weighted by Gasteiger charge is 2.37. The molecule has 0 bridgehead atoms. The Morgan fingerprint density at radius 3 is 2.59 bits per heavy atom. The first-order valence-electron chi connectivity index (χ1n) is 7.00. The lowest BCUT2D eigenvalue weighted by molar-refractivity contribution is -0.124. The lowest BCUT2D eigenvalue weighted by Crippen LogP contribution is -2.36. The Morgan fingerprint density at radius 2 is 2.00 bits per heavy atom. The molecule has 0 saturated carbocycles. The van der Waals surface area contributed by atoms with Crippen molar-refractivity contribution in [3.05, 3.63) is 28.7 Å². The minimum atomic E-state index is -0.248. The molecular formula is C16H19NO4S. The zero-order chi connectivity index (χ0) is 16.3. The van der Waals surface area contributed by atoms with E-state index >= 15 is 0 Å². The Balaban J connectivity index is 2.34. The predicted molar refractivity (Wildman–Crippen MR) is 87.1 cm³/mol. The molecule has 1 heterocycles. The molecule has 6 heteroatoms. The fraction of sp³-hybridized carbons (Fsp3) is 0.375. The minimum absolute atomic E-state index is 0.101. The SMILES string of the molecule is CC[C@H](C)N1C(=O)SC(=Cc2ccc(OC)cc2OC)C1=O. The lowest BCUT2D eigenvalue weighted by Gasteiger charge is -2.19. The molecule has 1 aromatic carbocycles. The fourth-order valence-electron chi connectivity index (χ4n) is 2.12. The Bertz CT molecular complexity index is 627. The summed E-state index contributed by atoms with van der Waals surface area (Å²) >= 11 is 0.961. The maximum absolute atomic E-state index is 12.4. The van der Waals surface area contributed by atoms with Crippen LogP contribution in [0.2, 0.25) is 0 Å². The summed E-state index contributed by atoms with van der Waals surface area (Å²) in [4.78, 5) is 26.1. The van der Waals surface area contributed by atoms with Gasteiger partial charge < -0.3 is 9.47 Å². The summed E-state index contributed by atoms with van der Waals surface area (Å²) in [7, 11) is 3.13. The molecule has 118 valence electrons. The summed E-state index contributed by atoms with van der Waals surface area (Å²) in [5, 5.41) is -0.224. The summed E-state index contributed by atoms with van der Waals surface area (Å²) in [6.45, 7) is 3.82. The third kappa shape index (κ3) is 3.11.